The molecule has 2 rings (SSSR count). The van der Waals surface area contributed by atoms with Crippen LogP contribution in [0.1, 0.15) is 23.0 Å². The minimum Gasteiger partial charge on any atom is -0.497 e. The van der Waals surface area contributed by atoms with Crippen LogP contribution in [0.3, 0.4) is 0 Å². The Morgan fingerprint density at radius 3 is 2.64 bits per heavy atom. The van der Waals surface area contributed by atoms with Gasteiger partial charge in [0, 0.05) is 11.8 Å². The number of ether oxygens (including phenoxy) is 3. The van der Waals surface area contributed by atoms with Gasteiger partial charge in [-0.25, -0.2) is 9.59 Å². The number of carbonyl (C=O) groups is 2. The van der Waals surface area contributed by atoms with Gasteiger partial charge in [-0.05, 0) is 26.0 Å². The van der Waals surface area contributed by atoms with Crippen LogP contribution in [0.15, 0.2) is 28.0 Å². The Morgan fingerprint density at radius 1 is 1.25 bits per heavy atom. The standard InChI is InChI=1S/C18H21N3O6S/c1-5-27-17(23)15-10(2)19-18(24)21-16(15)28-9-14(22)20-12-8-11(25-3)6-7-13(12)26-4/h6-8H,5,9H2,1-4H3,(H,20,22)(H,19,21,24). The molecule has 1 aromatic carbocycles. The molecule has 0 unspecified atom stereocenters. The number of anilines is 1. The minimum atomic E-state index is -0.610. The van der Waals surface area contributed by atoms with Crippen LogP contribution in [0.5, 0.6) is 11.5 Å². The number of thioether (sulfide) groups is 1. The Hall–Kier alpha value is -3.01. The highest BCUT2D eigenvalue weighted by Crippen LogP contribution is 2.29. The number of hydrogen-bond donors (Lipinski definition) is 2. The summed E-state index contributed by atoms with van der Waals surface area (Å²) in [6, 6.07) is 5.00. The van der Waals surface area contributed by atoms with Gasteiger partial charge >= 0.3 is 11.7 Å². The molecule has 0 aliphatic rings. The van der Waals surface area contributed by atoms with Gasteiger partial charge in [0.05, 0.1) is 32.3 Å². The van der Waals surface area contributed by atoms with E-state index in [1.54, 1.807) is 32.0 Å². The zero-order valence-electron chi connectivity index (χ0n) is 16.0. The molecule has 0 atom stereocenters. The highest BCUT2D eigenvalue weighted by molar-refractivity contribution is 8.00. The maximum Gasteiger partial charge on any atom is 0.346 e. The first-order valence-electron chi connectivity index (χ1n) is 8.32. The number of rotatable bonds is 8. The number of nitrogens with one attached hydrogen (secondary N) is 2. The molecular formula is C18H21N3O6S. The fourth-order valence-corrected chi connectivity index (χ4v) is 3.21. The van der Waals surface area contributed by atoms with Crippen molar-refractivity contribution in [3.63, 3.8) is 0 Å². The summed E-state index contributed by atoms with van der Waals surface area (Å²) in [5, 5.41) is 2.85. The summed E-state index contributed by atoms with van der Waals surface area (Å²) in [6.07, 6.45) is 0. The van der Waals surface area contributed by atoms with Crippen molar-refractivity contribution >= 4 is 29.3 Å². The van der Waals surface area contributed by atoms with E-state index in [2.05, 4.69) is 15.3 Å². The monoisotopic (exact) mass is 407 g/mol. The molecule has 1 aromatic heterocycles. The van der Waals surface area contributed by atoms with E-state index in [1.807, 2.05) is 0 Å². The van der Waals surface area contributed by atoms with Crippen molar-refractivity contribution in [2.75, 3.05) is 31.9 Å². The van der Waals surface area contributed by atoms with E-state index in [9.17, 15) is 14.4 Å². The smallest absolute Gasteiger partial charge is 0.346 e. The number of nitrogens with zero attached hydrogens (tertiary/aromatic N) is 1. The summed E-state index contributed by atoms with van der Waals surface area (Å²) in [6.45, 7) is 3.42. The van der Waals surface area contributed by atoms with Crippen molar-refractivity contribution in [1.29, 1.82) is 0 Å². The highest BCUT2D eigenvalue weighted by atomic mass is 32.2. The molecule has 0 saturated heterocycles. The summed E-state index contributed by atoms with van der Waals surface area (Å²) < 4.78 is 15.4. The number of methoxy groups -OCH3 is 2. The molecule has 0 fully saturated rings. The second-order valence-electron chi connectivity index (χ2n) is 5.47. The van der Waals surface area contributed by atoms with Gasteiger partial charge in [0.1, 0.15) is 22.1 Å². The topological polar surface area (TPSA) is 120 Å². The normalized spacial score (nSPS) is 10.3. The third-order valence-electron chi connectivity index (χ3n) is 3.59. The molecule has 0 aliphatic carbocycles. The lowest BCUT2D eigenvalue weighted by molar-refractivity contribution is -0.113. The second kappa shape index (κ2) is 9.79. The molecule has 0 aliphatic heterocycles. The van der Waals surface area contributed by atoms with Crippen LogP contribution in [0, 0.1) is 6.92 Å². The minimum absolute atomic E-state index is 0.0807. The molecule has 2 N–H and O–H groups in total. The molecule has 2 aromatic rings. The second-order valence-corrected chi connectivity index (χ2v) is 6.43. The van der Waals surface area contributed by atoms with E-state index < -0.39 is 11.7 Å². The van der Waals surface area contributed by atoms with Crippen molar-refractivity contribution in [3.8, 4) is 11.5 Å². The third kappa shape index (κ3) is 5.26. The van der Waals surface area contributed by atoms with Crippen LogP contribution in [0.25, 0.3) is 0 Å². The fourth-order valence-electron chi connectivity index (χ4n) is 2.34. The van der Waals surface area contributed by atoms with Crippen LogP contribution >= 0.6 is 11.8 Å². The molecule has 1 amide bonds. The Labute approximate surface area is 165 Å². The molecule has 0 saturated carbocycles. The zero-order chi connectivity index (χ0) is 20.7. The van der Waals surface area contributed by atoms with Crippen LogP contribution < -0.4 is 20.5 Å². The van der Waals surface area contributed by atoms with E-state index in [-0.39, 0.29) is 28.9 Å². The Morgan fingerprint density at radius 2 is 2.00 bits per heavy atom. The van der Waals surface area contributed by atoms with E-state index >= 15 is 0 Å². The Bertz CT molecular complexity index is 928. The third-order valence-corrected chi connectivity index (χ3v) is 4.56. The predicted octanol–water partition coefficient (Wildman–Crippen LogP) is 2.00. The van der Waals surface area contributed by atoms with Crippen molar-refractivity contribution in [2.45, 2.75) is 18.9 Å². The fraction of sp³-hybridized carbons (Fsp3) is 0.333. The molecule has 0 radical (unpaired) electrons. The van der Waals surface area contributed by atoms with E-state index in [0.29, 0.717) is 22.9 Å². The molecule has 0 bridgehead atoms. The summed E-state index contributed by atoms with van der Waals surface area (Å²) in [5.74, 6) is -0.0354. The number of benzene rings is 1. The van der Waals surface area contributed by atoms with E-state index in [0.717, 1.165) is 11.8 Å². The lowest BCUT2D eigenvalue weighted by Crippen LogP contribution is -2.21. The van der Waals surface area contributed by atoms with Gasteiger partial charge in [-0.15, -0.1) is 0 Å². The summed E-state index contributed by atoms with van der Waals surface area (Å²) in [5.41, 5.74) is 0.296. The molecule has 0 spiro atoms. The van der Waals surface area contributed by atoms with Crippen LogP contribution in [0.2, 0.25) is 0 Å². The number of aromatic amines is 1. The number of carbonyl (C=O) groups excluding carboxylic acids is 2. The SMILES string of the molecule is CCOC(=O)c1c(SCC(=O)Nc2cc(OC)ccc2OC)nc(=O)[nH]c1C. The average Bonchev–Trinajstić information content (AvgIpc) is 2.65. The first kappa shape index (κ1) is 21.3. The van der Waals surface area contributed by atoms with E-state index in [1.165, 1.54) is 14.2 Å². The van der Waals surface area contributed by atoms with Gasteiger partial charge in [-0.3, -0.25) is 4.79 Å². The predicted molar refractivity (Wildman–Crippen MR) is 104 cm³/mol. The van der Waals surface area contributed by atoms with Crippen LogP contribution in [-0.2, 0) is 9.53 Å². The van der Waals surface area contributed by atoms with Gasteiger partial charge in [0.2, 0.25) is 5.91 Å². The largest absolute Gasteiger partial charge is 0.497 e. The highest BCUT2D eigenvalue weighted by Gasteiger charge is 2.20. The van der Waals surface area contributed by atoms with Gasteiger partial charge in [-0.2, -0.15) is 4.98 Å². The zero-order valence-corrected chi connectivity index (χ0v) is 16.8. The van der Waals surface area contributed by atoms with E-state index in [4.69, 9.17) is 14.2 Å². The van der Waals surface area contributed by atoms with Crippen LogP contribution in [-0.4, -0.2) is 48.4 Å². The van der Waals surface area contributed by atoms with Crippen molar-refractivity contribution in [3.05, 3.63) is 39.9 Å². The first-order chi connectivity index (χ1) is 13.4. The van der Waals surface area contributed by atoms with Crippen LogP contribution in [0.4, 0.5) is 5.69 Å². The molecule has 150 valence electrons. The average molecular weight is 407 g/mol. The van der Waals surface area contributed by atoms with Gasteiger partial charge in [0.15, 0.2) is 0 Å². The maximum atomic E-state index is 12.4. The maximum absolute atomic E-state index is 12.4. The summed E-state index contributed by atoms with van der Waals surface area (Å²) in [7, 11) is 3.00. The number of esters is 1. The number of aromatic nitrogens is 2. The number of aryl methyl sites for hydroxylation is 1. The molecule has 28 heavy (non-hydrogen) atoms. The van der Waals surface area contributed by atoms with Gasteiger partial charge in [-0.1, -0.05) is 11.8 Å². The van der Waals surface area contributed by atoms with Crippen molar-refractivity contribution < 1.29 is 23.8 Å². The van der Waals surface area contributed by atoms with Crippen molar-refractivity contribution in [1.82, 2.24) is 9.97 Å². The molecule has 10 heteroatoms. The lowest BCUT2D eigenvalue weighted by Gasteiger charge is -2.12. The molecule has 9 nitrogen and oxygen atoms in total. The van der Waals surface area contributed by atoms with Gasteiger partial charge < -0.3 is 24.5 Å². The Kier molecular flexibility index (Phi) is 7.44. The lowest BCUT2D eigenvalue weighted by atomic mass is 10.2. The quantitative estimate of drug-likeness (QED) is 0.387. The van der Waals surface area contributed by atoms with Gasteiger partial charge in [0.25, 0.3) is 0 Å². The summed E-state index contributed by atoms with van der Waals surface area (Å²) >= 11 is 0.964. The number of hydrogen-bond acceptors (Lipinski definition) is 8. The number of H-pyrrole nitrogens is 1. The first-order valence-corrected chi connectivity index (χ1v) is 9.30. The Balaban J connectivity index is 2.17. The van der Waals surface area contributed by atoms with Crippen molar-refractivity contribution in [2.24, 2.45) is 0 Å². The summed E-state index contributed by atoms with van der Waals surface area (Å²) in [4.78, 5) is 42.5. The molecular weight excluding hydrogens is 386 g/mol. The number of amides is 1. The molecule has 1 heterocycles.